The second-order valence-electron chi connectivity index (χ2n) is 4.25. The molecule has 0 aliphatic rings. The number of nitrogens with one attached hydrogen (secondary N) is 1. The van der Waals surface area contributed by atoms with Gasteiger partial charge in [0.2, 0.25) is 0 Å². The third-order valence-corrected chi connectivity index (χ3v) is 3.09. The molecule has 0 spiro atoms. The highest BCUT2D eigenvalue weighted by atomic mass is 79.9. The summed E-state index contributed by atoms with van der Waals surface area (Å²) in [5.41, 5.74) is 2.30. The first-order chi connectivity index (χ1) is 8.16. The molecule has 0 radical (unpaired) electrons. The molecule has 0 saturated carbocycles. The lowest BCUT2D eigenvalue weighted by Crippen LogP contribution is -2.08. The van der Waals surface area contributed by atoms with E-state index >= 15 is 0 Å². The smallest absolute Gasteiger partial charge is 0.0951 e. The molecule has 2 aromatic rings. The number of aromatic nitrogens is 2. The molecule has 0 atom stereocenters. The fourth-order valence-electron chi connectivity index (χ4n) is 1.72. The van der Waals surface area contributed by atoms with E-state index in [-0.39, 0.29) is 0 Å². The molecule has 0 saturated heterocycles. The monoisotopic (exact) mass is 293 g/mol. The molecule has 90 valence electrons. The van der Waals surface area contributed by atoms with Crippen molar-refractivity contribution in [2.45, 2.75) is 26.4 Å². The number of rotatable bonds is 4. The van der Waals surface area contributed by atoms with Gasteiger partial charge in [-0.2, -0.15) is 0 Å². The first-order valence-electron chi connectivity index (χ1n) is 5.67. The lowest BCUT2D eigenvalue weighted by molar-refractivity contribution is 0.577. The summed E-state index contributed by atoms with van der Waals surface area (Å²) >= 11 is 3.46. The molecule has 3 nitrogen and oxygen atoms in total. The summed E-state index contributed by atoms with van der Waals surface area (Å²) in [6.07, 6.45) is 3.79. The average molecular weight is 294 g/mol. The van der Waals surface area contributed by atoms with Gasteiger partial charge in [0.25, 0.3) is 0 Å². The van der Waals surface area contributed by atoms with Crippen molar-refractivity contribution in [3.8, 4) is 0 Å². The summed E-state index contributed by atoms with van der Waals surface area (Å²) in [5, 5.41) is 3.39. The Balaban J connectivity index is 2.05. The predicted octanol–water partition coefficient (Wildman–Crippen LogP) is 3.84. The highest BCUT2D eigenvalue weighted by molar-refractivity contribution is 9.10. The summed E-state index contributed by atoms with van der Waals surface area (Å²) in [4.78, 5) is 4.19. The zero-order valence-electron chi connectivity index (χ0n) is 10.0. The normalized spacial score (nSPS) is 10.8. The molecule has 0 aliphatic heterocycles. The lowest BCUT2D eigenvalue weighted by atomic mass is 10.3. The number of hydrogen-bond acceptors (Lipinski definition) is 2. The molecule has 0 unspecified atom stereocenters. The van der Waals surface area contributed by atoms with Crippen LogP contribution in [0.1, 0.15) is 25.6 Å². The summed E-state index contributed by atoms with van der Waals surface area (Å²) in [6.45, 7) is 5.10. The average Bonchev–Trinajstić information content (AvgIpc) is 2.74. The fraction of sp³-hybridized carbons (Fsp3) is 0.308. The van der Waals surface area contributed by atoms with Gasteiger partial charge < -0.3 is 9.88 Å². The van der Waals surface area contributed by atoms with Gasteiger partial charge in [-0.05, 0) is 32.0 Å². The Hall–Kier alpha value is -1.29. The maximum Gasteiger partial charge on any atom is 0.0951 e. The minimum atomic E-state index is 0.441. The van der Waals surface area contributed by atoms with Gasteiger partial charge in [0.15, 0.2) is 0 Å². The fourth-order valence-corrected chi connectivity index (χ4v) is 2.12. The number of nitrogens with zero attached hydrogens (tertiary/aromatic N) is 2. The van der Waals surface area contributed by atoms with Crippen molar-refractivity contribution in [3.63, 3.8) is 0 Å². The van der Waals surface area contributed by atoms with E-state index in [1.165, 1.54) is 5.69 Å². The Labute approximate surface area is 110 Å². The van der Waals surface area contributed by atoms with Crippen molar-refractivity contribution >= 4 is 21.6 Å². The van der Waals surface area contributed by atoms with Crippen LogP contribution in [0.5, 0.6) is 0 Å². The Morgan fingerprint density at radius 1 is 1.41 bits per heavy atom. The molecule has 1 N–H and O–H groups in total. The number of benzene rings is 1. The van der Waals surface area contributed by atoms with Crippen LogP contribution in [0.4, 0.5) is 5.69 Å². The first kappa shape index (κ1) is 12.2. The van der Waals surface area contributed by atoms with Crippen LogP contribution in [0, 0.1) is 0 Å². The van der Waals surface area contributed by atoms with Gasteiger partial charge in [0, 0.05) is 22.4 Å². The summed E-state index contributed by atoms with van der Waals surface area (Å²) in [7, 11) is 0. The zero-order valence-corrected chi connectivity index (χ0v) is 11.6. The molecule has 0 fully saturated rings. The topological polar surface area (TPSA) is 29.9 Å². The Kier molecular flexibility index (Phi) is 3.84. The molecular formula is C13H16BrN3. The van der Waals surface area contributed by atoms with E-state index in [1.807, 2.05) is 24.7 Å². The van der Waals surface area contributed by atoms with Crippen LogP contribution in [0.2, 0.25) is 0 Å². The molecule has 0 amide bonds. The number of anilines is 1. The van der Waals surface area contributed by atoms with Gasteiger partial charge in [-0.1, -0.05) is 22.0 Å². The molecule has 0 aliphatic carbocycles. The highest BCUT2D eigenvalue weighted by Gasteiger charge is 2.04. The predicted molar refractivity (Wildman–Crippen MR) is 74.1 cm³/mol. The van der Waals surface area contributed by atoms with Crippen molar-refractivity contribution in [3.05, 3.63) is 47.0 Å². The zero-order chi connectivity index (χ0) is 12.3. The van der Waals surface area contributed by atoms with Gasteiger partial charge in [0.05, 0.1) is 18.6 Å². The van der Waals surface area contributed by atoms with Crippen molar-refractivity contribution in [1.82, 2.24) is 9.55 Å². The van der Waals surface area contributed by atoms with E-state index in [0.29, 0.717) is 6.04 Å². The molecule has 1 aromatic carbocycles. The maximum absolute atomic E-state index is 4.19. The van der Waals surface area contributed by atoms with Crippen LogP contribution in [-0.2, 0) is 6.54 Å². The van der Waals surface area contributed by atoms with Crippen molar-refractivity contribution in [1.29, 1.82) is 0 Å². The summed E-state index contributed by atoms with van der Waals surface area (Å²) in [6, 6.07) is 8.60. The largest absolute Gasteiger partial charge is 0.379 e. The van der Waals surface area contributed by atoms with Crippen LogP contribution in [0.25, 0.3) is 0 Å². The van der Waals surface area contributed by atoms with E-state index in [0.717, 1.165) is 16.7 Å². The van der Waals surface area contributed by atoms with Crippen LogP contribution in [0.3, 0.4) is 0 Å². The van der Waals surface area contributed by atoms with Gasteiger partial charge in [-0.25, -0.2) is 4.98 Å². The Morgan fingerprint density at radius 2 is 2.24 bits per heavy atom. The summed E-state index contributed by atoms with van der Waals surface area (Å²) < 4.78 is 3.25. The quantitative estimate of drug-likeness (QED) is 0.928. The second kappa shape index (κ2) is 5.36. The van der Waals surface area contributed by atoms with Crippen LogP contribution in [-0.4, -0.2) is 9.55 Å². The molecule has 4 heteroatoms. The van der Waals surface area contributed by atoms with Gasteiger partial charge >= 0.3 is 0 Å². The van der Waals surface area contributed by atoms with Crippen molar-refractivity contribution in [2.75, 3.05) is 5.32 Å². The Morgan fingerprint density at radius 3 is 2.94 bits per heavy atom. The molecule has 1 heterocycles. The number of hydrogen-bond donors (Lipinski definition) is 1. The van der Waals surface area contributed by atoms with E-state index in [2.05, 4.69) is 56.8 Å². The molecule has 0 bridgehead atoms. The van der Waals surface area contributed by atoms with Crippen LogP contribution >= 0.6 is 15.9 Å². The van der Waals surface area contributed by atoms with Gasteiger partial charge in [-0.3, -0.25) is 0 Å². The SMILES string of the molecule is CC(C)n1cncc1CNc1cccc(Br)c1. The molecule has 2 rings (SSSR count). The second-order valence-corrected chi connectivity index (χ2v) is 5.17. The van der Waals surface area contributed by atoms with Crippen molar-refractivity contribution < 1.29 is 0 Å². The van der Waals surface area contributed by atoms with E-state index in [1.54, 1.807) is 0 Å². The van der Waals surface area contributed by atoms with Gasteiger partial charge in [-0.15, -0.1) is 0 Å². The highest BCUT2D eigenvalue weighted by Crippen LogP contribution is 2.17. The van der Waals surface area contributed by atoms with Gasteiger partial charge in [0.1, 0.15) is 0 Å². The third-order valence-electron chi connectivity index (χ3n) is 2.60. The summed E-state index contributed by atoms with van der Waals surface area (Å²) in [5.74, 6) is 0. The van der Waals surface area contributed by atoms with Crippen LogP contribution in [0.15, 0.2) is 41.3 Å². The minimum Gasteiger partial charge on any atom is -0.379 e. The third kappa shape index (κ3) is 3.09. The molecule has 1 aromatic heterocycles. The Bertz CT molecular complexity index is 491. The molecule has 17 heavy (non-hydrogen) atoms. The number of halogens is 1. The maximum atomic E-state index is 4.19. The lowest BCUT2D eigenvalue weighted by Gasteiger charge is -2.13. The van der Waals surface area contributed by atoms with E-state index in [4.69, 9.17) is 0 Å². The minimum absolute atomic E-state index is 0.441. The van der Waals surface area contributed by atoms with E-state index < -0.39 is 0 Å². The standard InChI is InChI=1S/C13H16BrN3/c1-10(2)17-9-15-7-13(17)8-16-12-5-3-4-11(14)6-12/h3-7,9-10,16H,8H2,1-2H3. The number of imidazole rings is 1. The first-order valence-corrected chi connectivity index (χ1v) is 6.46. The van der Waals surface area contributed by atoms with Crippen LogP contribution < -0.4 is 5.32 Å². The molecular weight excluding hydrogens is 278 g/mol. The van der Waals surface area contributed by atoms with E-state index in [9.17, 15) is 0 Å². The van der Waals surface area contributed by atoms with Crippen molar-refractivity contribution in [2.24, 2.45) is 0 Å².